The smallest absolute Gasteiger partial charge is 0.335 e. The molecule has 0 radical (unpaired) electrons. The predicted octanol–water partition coefficient (Wildman–Crippen LogP) is 3.93. The summed E-state index contributed by atoms with van der Waals surface area (Å²) in [7, 11) is 0. The number of carboxylic acids is 1. The van der Waals surface area contributed by atoms with Crippen molar-refractivity contribution < 1.29 is 19.1 Å². The minimum atomic E-state index is -1.02. The Hall–Kier alpha value is -3.08. The number of fused-ring (bicyclic) bond motifs is 1. The van der Waals surface area contributed by atoms with Gasteiger partial charge in [-0.15, -0.1) is 0 Å². The van der Waals surface area contributed by atoms with Gasteiger partial charge >= 0.3 is 5.97 Å². The third kappa shape index (κ3) is 2.88. The lowest BCUT2D eigenvalue weighted by atomic mass is 10.1. The average Bonchev–Trinajstić information content (AvgIpc) is 2.92. The summed E-state index contributed by atoms with van der Waals surface area (Å²) in [5.41, 5.74) is 2.34. The maximum atomic E-state index is 12.3. The summed E-state index contributed by atoms with van der Waals surface area (Å²) in [4.78, 5) is 23.2. The van der Waals surface area contributed by atoms with Crippen LogP contribution in [0.15, 0.2) is 52.9 Å². The summed E-state index contributed by atoms with van der Waals surface area (Å²) in [6.07, 6.45) is 0. The van der Waals surface area contributed by atoms with Crippen LogP contribution >= 0.6 is 0 Å². The van der Waals surface area contributed by atoms with E-state index in [4.69, 9.17) is 9.52 Å². The van der Waals surface area contributed by atoms with E-state index < -0.39 is 5.97 Å². The molecule has 3 aromatic rings. The average molecular weight is 323 g/mol. The van der Waals surface area contributed by atoms with Crippen LogP contribution in [0.4, 0.5) is 0 Å². The second-order valence-corrected chi connectivity index (χ2v) is 5.67. The molecule has 0 aliphatic rings. The van der Waals surface area contributed by atoms with Crippen molar-refractivity contribution in [1.29, 1.82) is 0 Å². The molecule has 3 rings (SSSR count). The molecule has 2 N–H and O–H groups in total. The zero-order valence-electron chi connectivity index (χ0n) is 13.4. The molecular weight excluding hydrogens is 306 g/mol. The number of carbonyl (C=O) groups is 2. The maximum Gasteiger partial charge on any atom is 0.335 e. The van der Waals surface area contributed by atoms with E-state index in [9.17, 15) is 9.59 Å². The zero-order valence-corrected chi connectivity index (χ0v) is 13.4. The molecule has 0 bridgehead atoms. The van der Waals surface area contributed by atoms with Crippen molar-refractivity contribution in [2.75, 3.05) is 0 Å². The topological polar surface area (TPSA) is 79.5 Å². The van der Waals surface area contributed by atoms with Gasteiger partial charge in [0.2, 0.25) is 0 Å². The molecule has 0 saturated heterocycles. The molecule has 0 saturated carbocycles. The summed E-state index contributed by atoms with van der Waals surface area (Å²) < 4.78 is 5.86. The third-order valence-corrected chi connectivity index (χ3v) is 4.02. The molecule has 122 valence electrons. The summed E-state index contributed by atoms with van der Waals surface area (Å²) in [5, 5.41) is 12.8. The van der Waals surface area contributed by atoms with E-state index in [2.05, 4.69) is 5.32 Å². The van der Waals surface area contributed by atoms with Crippen molar-refractivity contribution in [2.24, 2.45) is 0 Å². The molecule has 5 heteroatoms. The van der Waals surface area contributed by atoms with E-state index >= 15 is 0 Å². The van der Waals surface area contributed by atoms with E-state index in [0.717, 1.165) is 16.5 Å². The quantitative estimate of drug-likeness (QED) is 0.762. The molecule has 0 unspecified atom stereocenters. The van der Waals surface area contributed by atoms with Crippen molar-refractivity contribution >= 4 is 22.8 Å². The van der Waals surface area contributed by atoms with Gasteiger partial charge in [-0.3, -0.25) is 4.79 Å². The van der Waals surface area contributed by atoms with Gasteiger partial charge in [0.05, 0.1) is 11.6 Å². The second-order valence-electron chi connectivity index (χ2n) is 5.67. The molecular formula is C19H17NO4. The van der Waals surface area contributed by atoms with Gasteiger partial charge in [0.15, 0.2) is 0 Å². The van der Waals surface area contributed by atoms with E-state index in [0.29, 0.717) is 11.3 Å². The monoisotopic (exact) mass is 323 g/mol. The maximum absolute atomic E-state index is 12.3. The number of nitrogens with one attached hydrogen (secondary N) is 1. The first-order chi connectivity index (χ1) is 11.5. The minimum absolute atomic E-state index is 0.146. The number of rotatable bonds is 4. The Labute approximate surface area is 138 Å². The van der Waals surface area contributed by atoms with Gasteiger partial charge in [-0.25, -0.2) is 4.79 Å². The number of benzene rings is 2. The van der Waals surface area contributed by atoms with Gasteiger partial charge < -0.3 is 14.8 Å². The van der Waals surface area contributed by atoms with Gasteiger partial charge in [0.1, 0.15) is 11.3 Å². The number of aromatic carboxylic acids is 1. The molecule has 0 aliphatic heterocycles. The fourth-order valence-corrected chi connectivity index (χ4v) is 2.72. The first-order valence-corrected chi connectivity index (χ1v) is 7.59. The number of aryl methyl sites for hydroxylation is 1. The molecule has 0 aliphatic carbocycles. The van der Waals surface area contributed by atoms with Crippen LogP contribution in [-0.4, -0.2) is 17.0 Å². The number of carboxylic acid groups (broad SMARTS) is 1. The van der Waals surface area contributed by atoms with Crippen LogP contribution in [0.2, 0.25) is 0 Å². The van der Waals surface area contributed by atoms with Crippen LogP contribution < -0.4 is 5.32 Å². The minimum Gasteiger partial charge on any atom is -0.478 e. The Morgan fingerprint density at radius 1 is 1.04 bits per heavy atom. The zero-order chi connectivity index (χ0) is 17.3. The molecule has 1 aromatic heterocycles. The predicted molar refractivity (Wildman–Crippen MR) is 90.2 cm³/mol. The molecule has 0 spiro atoms. The fourth-order valence-electron chi connectivity index (χ4n) is 2.72. The van der Waals surface area contributed by atoms with Crippen LogP contribution in [0.5, 0.6) is 0 Å². The summed E-state index contributed by atoms with van der Waals surface area (Å²) in [6, 6.07) is 13.2. The van der Waals surface area contributed by atoms with Crippen molar-refractivity contribution in [3.05, 3.63) is 71.0 Å². The lowest BCUT2D eigenvalue weighted by Gasteiger charge is -2.12. The number of carbonyl (C=O) groups excluding carboxylic acids is 1. The van der Waals surface area contributed by atoms with Gasteiger partial charge in [0, 0.05) is 16.5 Å². The van der Waals surface area contributed by atoms with Gasteiger partial charge in [-0.2, -0.15) is 0 Å². The lowest BCUT2D eigenvalue weighted by molar-refractivity contribution is 0.0696. The number of para-hydroxylation sites is 1. The molecule has 1 atom stereocenters. The Morgan fingerprint density at radius 2 is 1.67 bits per heavy atom. The molecule has 2 aromatic carbocycles. The van der Waals surface area contributed by atoms with Crippen LogP contribution in [0.3, 0.4) is 0 Å². The van der Waals surface area contributed by atoms with Crippen LogP contribution in [-0.2, 0) is 0 Å². The second kappa shape index (κ2) is 6.20. The number of hydrogen-bond acceptors (Lipinski definition) is 3. The highest BCUT2D eigenvalue weighted by Crippen LogP contribution is 2.29. The molecule has 0 fully saturated rings. The number of hydrogen-bond donors (Lipinski definition) is 2. The number of furan rings is 1. The van der Waals surface area contributed by atoms with Gasteiger partial charge in [0.25, 0.3) is 5.91 Å². The SMILES string of the molecule is Cc1c([C@@H](C)NC(=O)c2ccc(C(=O)O)cc2)oc2ccccc12. The van der Waals surface area contributed by atoms with Crippen molar-refractivity contribution in [3.8, 4) is 0 Å². The molecule has 1 heterocycles. The summed E-state index contributed by atoms with van der Waals surface area (Å²) in [6.45, 7) is 3.82. The normalized spacial score (nSPS) is 12.1. The Morgan fingerprint density at radius 3 is 2.29 bits per heavy atom. The summed E-state index contributed by atoms with van der Waals surface area (Å²) >= 11 is 0. The Kier molecular flexibility index (Phi) is 4.08. The first-order valence-electron chi connectivity index (χ1n) is 7.59. The van der Waals surface area contributed by atoms with Crippen LogP contribution in [0, 0.1) is 6.92 Å². The van der Waals surface area contributed by atoms with E-state index in [1.54, 1.807) is 0 Å². The van der Waals surface area contributed by atoms with Gasteiger partial charge in [-0.05, 0) is 44.2 Å². The van der Waals surface area contributed by atoms with Gasteiger partial charge in [-0.1, -0.05) is 18.2 Å². The van der Waals surface area contributed by atoms with Crippen LogP contribution in [0.25, 0.3) is 11.0 Å². The lowest BCUT2D eigenvalue weighted by Crippen LogP contribution is -2.26. The highest BCUT2D eigenvalue weighted by atomic mass is 16.4. The highest BCUT2D eigenvalue weighted by molar-refractivity contribution is 5.96. The summed E-state index contributed by atoms with van der Waals surface area (Å²) in [5.74, 6) is -0.584. The Balaban J connectivity index is 1.80. The molecule has 5 nitrogen and oxygen atoms in total. The highest BCUT2D eigenvalue weighted by Gasteiger charge is 2.19. The van der Waals surface area contributed by atoms with Crippen LogP contribution in [0.1, 0.15) is 45.0 Å². The van der Waals surface area contributed by atoms with Crippen molar-refractivity contribution in [2.45, 2.75) is 19.9 Å². The first kappa shape index (κ1) is 15.8. The molecule has 1 amide bonds. The third-order valence-electron chi connectivity index (χ3n) is 4.02. The molecule has 24 heavy (non-hydrogen) atoms. The standard InChI is InChI=1S/C19H17NO4/c1-11-15-5-3-4-6-16(15)24-17(11)12(2)20-18(21)13-7-9-14(10-8-13)19(22)23/h3-10,12H,1-2H3,(H,20,21)(H,22,23)/t12-/m1/s1. The van der Waals surface area contributed by atoms with Crippen molar-refractivity contribution in [3.63, 3.8) is 0 Å². The number of amides is 1. The fraction of sp³-hybridized carbons (Fsp3) is 0.158. The van der Waals surface area contributed by atoms with E-state index in [1.807, 2.05) is 38.1 Å². The van der Waals surface area contributed by atoms with Crippen molar-refractivity contribution in [1.82, 2.24) is 5.32 Å². The largest absolute Gasteiger partial charge is 0.478 e. The van der Waals surface area contributed by atoms with E-state index in [1.165, 1.54) is 24.3 Å². The van der Waals surface area contributed by atoms with E-state index in [-0.39, 0.29) is 17.5 Å². The Bertz CT molecular complexity index is 909.